The van der Waals surface area contributed by atoms with E-state index in [4.69, 9.17) is 21.1 Å². The van der Waals surface area contributed by atoms with Crippen LogP contribution in [0, 0.1) is 5.82 Å². The molecule has 0 unspecified atom stereocenters. The molecule has 3 aromatic rings. The SMILES string of the molecule is CCOc1cc(/C=C2\C(=O)NC(=O)N(c3ccccc3F)C2=O)ccc1OC(=O)c1ccc(Cl)cc1. The van der Waals surface area contributed by atoms with Crippen molar-refractivity contribution in [3.05, 3.63) is 94.3 Å². The second-order valence-corrected chi connectivity index (χ2v) is 7.88. The average molecular weight is 509 g/mol. The normalized spacial score (nSPS) is 14.6. The van der Waals surface area contributed by atoms with Crippen molar-refractivity contribution in [3.8, 4) is 11.5 Å². The van der Waals surface area contributed by atoms with Gasteiger partial charge in [0.05, 0.1) is 17.9 Å². The monoisotopic (exact) mass is 508 g/mol. The van der Waals surface area contributed by atoms with Gasteiger partial charge in [0.2, 0.25) is 0 Å². The first-order valence-corrected chi connectivity index (χ1v) is 11.1. The maximum Gasteiger partial charge on any atom is 0.343 e. The van der Waals surface area contributed by atoms with Gasteiger partial charge in [0, 0.05) is 5.02 Å². The third-order valence-corrected chi connectivity index (χ3v) is 5.31. The number of carbonyl (C=O) groups excluding carboxylic acids is 4. The van der Waals surface area contributed by atoms with Crippen LogP contribution < -0.4 is 19.7 Å². The number of anilines is 1. The number of amides is 4. The van der Waals surface area contributed by atoms with E-state index in [-0.39, 0.29) is 29.4 Å². The van der Waals surface area contributed by atoms with Crippen molar-refractivity contribution in [1.29, 1.82) is 0 Å². The number of barbiturate groups is 1. The minimum absolute atomic E-state index is 0.113. The van der Waals surface area contributed by atoms with Gasteiger partial charge in [-0.2, -0.15) is 0 Å². The molecule has 0 aliphatic carbocycles. The molecule has 0 spiro atoms. The minimum Gasteiger partial charge on any atom is -0.490 e. The molecule has 10 heteroatoms. The number of ether oxygens (including phenoxy) is 2. The average Bonchev–Trinajstić information content (AvgIpc) is 2.85. The van der Waals surface area contributed by atoms with E-state index >= 15 is 0 Å². The predicted octanol–water partition coefficient (Wildman–Crippen LogP) is 4.76. The number of carbonyl (C=O) groups is 4. The van der Waals surface area contributed by atoms with Crippen molar-refractivity contribution in [2.45, 2.75) is 6.92 Å². The third kappa shape index (κ3) is 5.11. The Kier molecular flexibility index (Phi) is 7.12. The highest BCUT2D eigenvalue weighted by molar-refractivity contribution is 6.39. The number of para-hydroxylation sites is 1. The summed E-state index contributed by atoms with van der Waals surface area (Å²) in [5, 5.41) is 2.51. The van der Waals surface area contributed by atoms with Gasteiger partial charge >= 0.3 is 12.0 Å². The molecule has 1 heterocycles. The van der Waals surface area contributed by atoms with Gasteiger partial charge in [0.25, 0.3) is 11.8 Å². The molecule has 4 amide bonds. The fourth-order valence-electron chi connectivity index (χ4n) is 3.39. The molecule has 8 nitrogen and oxygen atoms in total. The zero-order chi connectivity index (χ0) is 25.8. The molecule has 1 saturated heterocycles. The molecular weight excluding hydrogens is 491 g/mol. The Morgan fingerprint density at radius 2 is 1.75 bits per heavy atom. The Morgan fingerprint density at radius 3 is 2.44 bits per heavy atom. The highest BCUT2D eigenvalue weighted by atomic mass is 35.5. The van der Waals surface area contributed by atoms with Crippen LogP contribution in [0.3, 0.4) is 0 Å². The summed E-state index contributed by atoms with van der Waals surface area (Å²) in [5.41, 5.74) is -0.0782. The summed E-state index contributed by atoms with van der Waals surface area (Å²) >= 11 is 5.85. The Labute approximate surface area is 209 Å². The number of halogens is 2. The Morgan fingerprint density at radius 1 is 1.03 bits per heavy atom. The van der Waals surface area contributed by atoms with Crippen molar-refractivity contribution in [2.24, 2.45) is 0 Å². The molecule has 1 fully saturated rings. The number of imide groups is 2. The van der Waals surface area contributed by atoms with Crippen LogP contribution in [0.1, 0.15) is 22.8 Å². The van der Waals surface area contributed by atoms with E-state index in [1.165, 1.54) is 54.6 Å². The van der Waals surface area contributed by atoms with E-state index in [1.54, 1.807) is 19.1 Å². The van der Waals surface area contributed by atoms with E-state index in [0.717, 1.165) is 6.07 Å². The van der Waals surface area contributed by atoms with Gasteiger partial charge in [-0.25, -0.2) is 18.9 Å². The zero-order valence-electron chi connectivity index (χ0n) is 18.8. The quantitative estimate of drug-likeness (QED) is 0.223. The molecule has 1 aliphatic rings. The molecule has 0 radical (unpaired) electrons. The number of hydrogen-bond donors (Lipinski definition) is 1. The first kappa shape index (κ1) is 24.6. The first-order chi connectivity index (χ1) is 17.3. The number of esters is 1. The van der Waals surface area contributed by atoms with Crippen molar-refractivity contribution in [2.75, 3.05) is 11.5 Å². The Balaban J connectivity index is 1.65. The van der Waals surface area contributed by atoms with Crippen molar-refractivity contribution in [3.63, 3.8) is 0 Å². The summed E-state index contributed by atoms with van der Waals surface area (Å²) in [6, 6.07) is 14.7. The van der Waals surface area contributed by atoms with Crippen molar-refractivity contribution in [1.82, 2.24) is 5.32 Å². The lowest BCUT2D eigenvalue weighted by Crippen LogP contribution is -2.54. The second kappa shape index (κ2) is 10.4. The fourth-order valence-corrected chi connectivity index (χ4v) is 3.51. The molecule has 0 aromatic heterocycles. The molecule has 1 N–H and O–H groups in total. The smallest absolute Gasteiger partial charge is 0.343 e. The number of rotatable bonds is 6. The maximum atomic E-state index is 14.3. The summed E-state index contributed by atoms with van der Waals surface area (Å²) in [5.74, 6) is -3.08. The van der Waals surface area contributed by atoms with Crippen molar-refractivity contribution < 1.29 is 33.0 Å². The van der Waals surface area contributed by atoms with Gasteiger partial charge in [-0.1, -0.05) is 29.8 Å². The molecular formula is C26H18ClFN2O6. The van der Waals surface area contributed by atoms with Gasteiger partial charge in [0.1, 0.15) is 11.4 Å². The number of benzene rings is 3. The highest BCUT2D eigenvalue weighted by Gasteiger charge is 2.38. The second-order valence-electron chi connectivity index (χ2n) is 7.44. The first-order valence-electron chi connectivity index (χ1n) is 10.7. The van der Waals surface area contributed by atoms with Crippen molar-refractivity contribution >= 4 is 47.2 Å². The Bertz CT molecular complexity index is 1400. The number of nitrogens with zero attached hydrogens (tertiary/aromatic N) is 1. The molecule has 0 atom stereocenters. The molecule has 36 heavy (non-hydrogen) atoms. The van der Waals surface area contributed by atoms with Crippen LogP contribution in [-0.2, 0) is 9.59 Å². The fraction of sp³-hybridized carbons (Fsp3) is 0.0769. The summed E-state index contributed by atoms with van der Waals surface area (Å²) in [6.07, 6.45) is 1.23. The van der Waals surface area contributed by atoms with Crippen LogP contribution in [0.15, 0.2) is 72.3 Å². The van der Waals surface area contributed by atoms with Crippen LogP contribution in [0.5, 0.6) is 11.5 Å². The number of nitrogens with one attached hydrogen (secondary N) is 1. The van der Waals surface area contributed by atoms with Crippen LogP contribution in [-0.4, -0.2) is 30.4 Å². The largest absolute Gasteiger partial charge is 0.490 e. The lowest BCUT2D eigenvalue weighted by molar-refractivity contribution is -0.122. The lowest BCUT2D eigenvalue weighted by atomic mass is 10.1. The summed E-state index contributed by atoms with van der Waals surface area (Å²) in [6.45, 7) is 1.96. The summed E-state index contributed by atoms with van der Waals surface area (Å²) < 4.78 is 25.3. The van der Waals surface area contributed by atoms with Crippen LogP contribution in [0.4, 0.5) is 14.9 Å². The number of urea groups is 1. The van der Waals surface area contributed by atoms with Gasteiger partial charge in [-0.15, -0.1) is 0 Å². The summed E-state index contributed by atoms with van der Waals surface area (Å²) in [4.78, 5) is 50.8. The van der Waals surface area contributed by atoms with Crippen LogP contribution in [0.2, 0.25) is 5.02 Å². The van der Waals surface area contributed by atoms with Gasteiger partial charge in [-0.05, 0) is 67.1 Å². The van der Waals surface area contributed by atoms with Gasteiger partial charge in [0.15, 0.2) is 11.5 Å². The molecule has 182 valence electrons. The molecule has 3 aromatic carbocycles. The van der Waals surface area contributed by atoms with E-state index < -0.39 is 35.2 Å². The number of hydrogen-bond acceptors (Lipinski definition) is 6. The van der Waals surface area contributed by atoms with E-state index in [2.05, 4.69) is 0 Å². The van der Waals surface area contributed by atoms with E-state index in [9.17, 15) is 23.6 Å². The van der Waals surface area contributed by atoms with Gasteiger partial charge in [-0.3, -0.25) is 14.9 Å². The standard InChI is InChI=1S/C26H18ClFN2O6/c1-2-35-22-14-15(7-12-21(22)36-25(33)16-8-10-17(27)11-9-16)13-18-23(31)29-26(34)30(24(18)32)20-6-4-3-5-19(20)28/h3-14H,2H2,1H3,(H,29,31,34)/b18-13+. The van der Waals surface area contributed by atoms with E-state index in [0.29, 0.717) is 15.5 Å². The predicted molar refractivity (Wildman–Crippen MR) is 129 cm³/mol. The highest BCUT2D eigenvalue weighted by Crippen LogP contribution is 2.31. The third-order valence-electron chi connectivity index (χ3n) is 5.06. The Hall–Kier alpha value is -4.50. The molecule has 1 aliphatic heterocycles. The summed E-state index contributed by atoms with van der Waals surface area (Å²) in [7, 11) is 0. The minimum atomic E-state index is -1.06. The molecule has 4 rings (SSSR count). The molecule has 0 saturated carbocycles. The lowest BCUT2D eigenvalue weighted by Gasteiger charge is -2.26. The van der Waals surface area contributed by atoms with Crippen LogP contribution >= 0.6 is 11.6 Å². The maximum absolute atomic E-state index is 14.3. The van der Waals surface area contributed by atoms with E-state index in [1.807, 2.05) is 5.32 Å². The molecule has 0 bridgehead atoms. The zero-order valence-corrected chi connectivity index (χ0v) is 19.5. The topological polar surface area (TPSA) is 102 Å². The van der Waals surface area contributed by atoms with Crippen LogP contribution in [0.25, 0.3) is 6.08 Å². The van der Waals surface area contributed by atoms with Gasteiger partial charge < -0.3 is 9.47 Å².